The highest BCUT2D eigenvalue weighted by Crippen LogP contribution is 2.31. The van der Waals surface area contributed by atoms with Crippen LogP contribution in [-0.2, 0) is 6.42 Å². The zero-order valence-corrected chi connectivity index (χ0v) is 17.8. The molecule has 2 atom stereocenters. The van der Waals surface area contributed by atoms with E-state index >= 15 is 0 Å². The van der Waals surface area contributed by atoms with Crippen LogP contribution in [0.15, 0.2) is 33.7 Å². The van der Waals surface area contributed by atoms with E-state index in [-0.39, 0.29) is 0 Å². The number of hydrogen-bond donors (Lipinski definition) is 2. The molecule has 0 bridgehead atoms. The third-order valence-corrected chi connectivity index (χ3v) is 6.20. The standard InChI is InChI=1S/C21H33BrN4/c1-3-16(11-17-5-4-6-19(22)12-17)13-24-21(23-2)25-14-18-9-10-26(15-18)20-7-8-20/h4-6,12,16,18,20H,3,7-11,13-15H2,1-2H3,(H2,23,24,25). The summed E-state index contributed by atoms with van der Waals surface area (Å²) >= 11 is 3.57. The summed E-state index contributed by atoms with van der Waals surface area (Å²) in [6.45, 7) is 6.81. The van der Waals surface area contributed by atoms with E-state index in [0.29, 0.717) is 5.92 Å². The summed E-state index contributed by atoms with van der Waals surface area (Å²) in [6, 6.07) is 9.54. The summed E-state index contributed by atoms with van der Waals surface area (Å²) in [5, 5.41) is 7.09. The summed E-state index contributed by atoms with van der Waals surface area (Å²) in [5.41, 5.74) is 1.39. The predicted octanol–water partition coefficient (Wildman–Crippen LogP) is 3.67. The van der Waals surface area contributed by atoms with Crippen LogP contribution in [0.5, 0.6) is 0 Å². The predicted molar refractivity (Wildman–Crippen MR) is 114 cm³/mol. The topological polar surface area (TPSA) is 39.7 Å². The Morgan fingerprint density at radius 3 is 2.85 bits per heavy atom. The van der Waals surface area contributed by atoms with Crippen molar-refractivity contribution >= 4 is 21.9 Å². The monoisotopic (exact) mass is 420 g/mol. The average Bonchev–Trinajstić information content (AvgIpc) is 3.39. The fourth-order valence-electron chi connectivity index (χ4n) is 3.86. The van der Waals surface area contributed by atoms with E-state index in [0.717, 1.165) is 48.3 Å². The second kappa shape index (κ2) is 9.75. The molecule has 2 aliphatic rings. The first-order valence-electron chi connectivity index (χ1n) is 10.1. The highest BCUT2D eigenvalue weighted by molar-refractivity contribution is 9.10. The van der Waals surface area contributed by atoms with Gasteiger partial charge < -0.3 is 15.5 Å². The third-order valence-electron chi connectivity index (χ3n) is 5.71. The molecule has 0 spiro atoms. The first-order chi connectivity index (χ1) is 12.7. The molecule has 0 amide bonds. The van der Waals surface area contributed by atoms with E-state index in [1.54, 1.807) is 0 Å². The SMILES string of the molecule is CCC(CNC(=NC)NCC1CCN(C2CC2)C1)Cc1cccc(Br)c1. The van der Waals surface area contributed by atoms with Gasteiger partial charge in [0.15, 0.2) is 5.96 Å². The Labute approximate surface area is 167 Å². The molecule has 3 rings (SSSR count). The minimum atomic E-state index is 0.611. The number of likely N-dealkylation sites (tertiary alicyclic amines) is 1. The zero-order valence-electron chi connectivity index (χ0n) is 16.2. The number of benzene rings is 1. The van der Waals surface area contributed by atoms with E-state index < -0.39 is 0 Å². The van der Waals surface area contributed by atoms with Gasteiger partial charge in [-0.1, -0.05) is 41.4 Å². The lowest BCUT2D eigenvalue weighted by Crippen LogP contribution is -2.42. The van der Waals surface area contributed by atoms with Gasteiger partial charge in [0.25, 0.3) is 0 Å². The van der Waals surface area contributed by atoms with Gasteiger partial charge >= 0.3 is 0 Å². The lowest BCUT2D eigenvalue weighted by atomic mass is 9.97. The molecular formula is C21H33BrN4. The van der Waals surface area contributed by atoms with E-state index in [1.807, 2.05) is 7.05 Å². The molecule has 2 unspecified atom stereocenters. The highest BCUT2D eigenvalue weighted by atomic mass is 79.9. The smallest absolute Gasteiger partial charge is 0.190 e. The van der Waals surface area contributed by atoms with Crippen LogP contribution < -0.4 is 10.6 Å². The fraction of sp³-hybridized carbons (Fsp3) is 0.667. The van der Waals surface area contributed by atoms with Crippen molar-refractivity contribution in [1.82, 2.24) is 15.5 Å². The zero-order chi connectivity index (χ0) is 18.4. The molecule has 26 heavy (non-hydrogen) atoms. The number of rotatable bonds is 8. The molecule has 4 nitrogen and oxygen atoms in total. The number of nitrogens with one attached hydrogen (secondary N) is 2. The van der Waals surface area contributed by atoms with Crippen LogP contribution in [-0.4, -0.2) is 50.1 Å². The van der Waals surface area contributed by atoms with Gasteiger partial charge in [-0.3, -0.25) is 4.99 Å². The summed E-state index contributed by atoms with van der Waals surface area (Å²) < 4.78 is 1.16. The second-order valence-electron chi connectivity index (χ2n) is 7.82. The van der Waals surface area contributed by atoms with Crippen LogP contribution in [0.1, 0.15) is 38.2 Å². The summed E-state index contributed by atoms with van der Waals surface area (Å²) in [4.78, 5) is 7.09. The Hall–Kier alpha value is -1.07. The summed E-state index contributed by atoms with van der Waals surface area (Å²) in [7, 11) is 1.87. The van der Waals surface area contributed by atoms with Crippen molar-refractivity contribution < 1.29 is 0 Å². The molecule has 2 N–H and O–H groups in total. The highest BCUT2D eigenvalue weighted by Gasteiger charge is 2.34. The maximum Gasteiger partial charge on any atom is 0.190 e. The Bertz CT molecular complexity index is 599. The van der Waals surface area contributed by atoms with Crippen LogP contribution in [0.3, 0.4) is 0 Å². The molecule has 1 aliphatic carbocycles. The Balaban J connectivity index is 1.39. The van der Waals surface area contributed by atoms with Crippen molar-refractivity contribution in [2.24, 2.45) is 16.8 Å². The normalized spacial score (nSPS) is 22.4. The molecule has 1 heterocycles. The van der Waals surface area contributed by atoms with Gasteiger partial charge in [-0.25, -0.2) is 0 Å². The first-order valence-corrected chi connectivity index (χ1v) is 10.9. The first kappa shape index (κ1) is 19.7. The Morgan fingerprint density at radius 1 is 1.31 bits per heavy atom. The molecule has 1 saturated carbocycles. The van der Waals surface area contributed by atoms with Crippen molar-refractivity contribution in [2.45, 2.75) is 45.1 Å². The largest absolute Gasteiger partial charge is 0.356 e. The van der Waals surface area contributed by atoms with Gasteiger partial charge in [-0.05, 0) is 61.8 Å². The van der Waals surface area contributed by atoms with Crippen LogP contribution in [0.2, 0.25) is 0 Å². The van der Waals surface area contributed by atoms with Crippen LogP contribution in [0, 0.1) is 11.8 Å². The van der Waals surface area contributed by atoms with Crippen LogP contribution >= 0.6 is 15.9 Å². The number of halogens is 1. The van der Waals surface area contributed by atoms with Gasteiger partial charge in [0.1, 0.15) is 0 Å². The maximum atomic E-state index is 4.42. The van der Waals surface area contributed by atoms with Gasteiger partial charge in [-0.2, -0.15) is 0 Å². The number of aliphatic imine (C=N–C) groups is 1. The molecule has 2 fully saturated rings. The molecule has 1 aromatic carbocycles. The third kappa shape index (κ3) is 5.98. The number of nitrogens with zero attached hydrogens (tertiary/aromatic N) is 2. The Kier molecular flexibility index (Phi) is 7.38. The fourth-order valence-corrected chi connectivity index (χ4v) is 4.31. The molecule has 1 aromatic rings. The summed E-state index contributed by atoms with van der Waals surface area (Å²) in [6.07, 6.45) is 6.41. The van der Waals surface area contributed by atoms with Crippen molar-refractivity contribution in [3.8, 4) is 0 Å². The molecule has 1 saturated heterocycles. The van der Waals surface area contributed by atoms with E-state index in [9.17, 15) is 0 Å². The van der Waals surface area contributed by atoms with E-state index in [1.165, 1.54) is 37.9 Å². The summed E-state index contributed by atoms with van der Waals surface area (Å²) in [5.74, 6) is 2.32. The van der Waals surface area contributed by atoms with Gasteiger partial charge in [0, 0.05) is 37.2 Å². The lowest BCUT2D eigenvalue weighted by molar-refractivity contribution is 0.314. The molecule has 0 radical (unpaired) electrons. The minimum Gasteiger partial charge on any atom is -0.356 e. The van der Waals surface area contributed by atoms with Crippen LogP contribution in [0.4, 0.5) is 0 Å². The van der Waals surface area contributed by atoms with Crippen molar-refractivity contribution in [1.29, 1.82) is 0 Å². The van der Waals surface area contributed by atoms with Gasteiger partial charge in [-0.15, -0.1) is 0 Å². The molecule has 1 aliphatic heterocycles. The quantitative estimate of drug-likeness (QED) is 0.497. The minimum absolute atomic E-state index is 0.611. The average molecular weight is 421 g/mol. The number of hydrogen-bond acceptors (Lipinski definition) is 2. The van der Waals surface area contributed by atoms with Crippen molar-refractivity contribution in [3.05, 3.63) is 34.3 Å². The molecule has 5 heteroatoms. The molecular weight excluding hydrogens is 388 g/mol. The van der Waals surface area contributed by atoms with Gasteiger partial charge in [0.2, 0.25) is 0 Å². The van der Waals surface area contributed by atoms with Gasteiger partial charge in [0.05, 0.1) is 0 Å². The van der Waals surface area contributed by atoms with Crippen molar-refractivity contribution in [2.75, 3.05) is 33.2 Å². The maximum absolute atomic E-state index is 4.42. The number of guanidine groups is 1. The molecule has 0 aromatic heterocycles. The van der Waals surface area contributed by atoms with E-state index in [4.69, 9.17) is 0 Å². The van der Waals surface area contributed by atoms with Crippen molar-refractivity contribution in [3.63, 3.8) is 0 Å². The lowest BCUT2D eigenvalue weighted by Gasteiger charge is -2.20. The van der Waals surface area contributed by atoms with E-state index in [2.05, 4.69) is 67.6 Å². The second-order valence-corrected chi connectivity index (χ2v) is 8.74. The van der Waals surface area contributed by atoms with Crippen LogP contribution in [0.25, 0.3) is 0 Å². The Morgan fingerprint density at radius 2 is 2.15 bits per heavy atom. The molecule has 144 valence electrons.